The van der Waals surface area contributed by atoms with Crippen molar-refractivity contribution in [2.45, 2.75) is 0 Å². The minimum absolute atomic E-state index is 0.625. The summed E-state index contributed by atoms with van der Waals surface area (Å²) in [6.45, 7) is 0. The van der Waals surface area contributed by atoms with Gasteiger partial charge < -0.3 is 9.32 Å². The van der Waals surface area contributed by atoms with Gasteiger partial charge in [0.15, 0.2) is 5.58 Å². The molecule has 3 heteroatoms. The van der Waals surface area contributed by atoms with Gasteiger partial charge in [-0.25, -0.2) is 4.98 Å². The summed E-state index contributed by atoms with van der Waals surface area (Å²) in [6.07, 6.45) is 0. The Labute approximate surface area is 314 Å². The molecule has 0 radical (unpaired) electrons. The van der Waals surface area contributed by atoms with Gasteiger partial charge in [-0.2, -0.15) is 0 Å². The van der Waals surface area contributed by atoms with Crippen molar-refractivity contribution < 1.29 is 4.42 Å². The molecular weight excluding hydrogens is 657 g/mol. The van der Waals surface area contributed by atoms with E-state index in [1.807, 2.05) is 42.5 Å². The number of rotatable bonds is 7. The fourth-order valence-electron chi connectivity index (χ4n) is 7.47. The zero-order valence-electron chi connectivity index (χ0n) is 29.4. The summed E-state index contributed by atoms with van der Waals surface area (Å²) >= 11 is 0. The number of aromatic nitrogens is 1. The van der Waals surface area contributed by atoms with E-state index in [1.165, 1.54) is 43.8 Å². The summed E-state index contributed by atoms with van der Waals surface area (Å²) in [4.78, 5) is 7.26. The van der Waals surface area contributed by atoms with Crippen molar-refractivity contribution >= 4 is 49.7 Å². The van der Waals surface area contributed by atoms with Gasteiger partial charge >= 0.3 is 0 Å². The molecular formula is C51H34N2O. The molecule has 0 aliphatic heterocycles. The maximum absolute atomic E-state index is 6.20. The highest BCUT2D eigenvalue weighted by molar-refractivity contribution is 5.93. The molecule has 1 heterocycles. The summed E-state index contributed by atoms with van der Waals surface area (Å²) in [5.74, 6) is 0.625. The zero-order valence-corrected chi connectivity index (χ0v) is 29.4. The number of fused-ring (bicyclic) bond motifs is 3. The normalized spacial score (nSPS) is 11.3. The van der Waals surface area contributed by atoms with Crippen LogP contribution in [0.4, 0.5) is 17.1 Å². The minimum Gasteiger partial charge on any atom is -0.436 e. The summed E-state index contributed by atoms with van der Waals surface area (Å²) < 4.78 is 6.20. The van der Waals surface area contributed by atoms with Crippen LogP contribution < -0.4 is 4.90 Å². The Morgan fingerprint density at radius 2 is 0.796 bits per heavy atom. The van der Waals surface area contributed by atoms with Crippen molar-refractivity contribution in [3.05, 3.63) is 206 Å². The molecule has 9 aromatic carbocycles. The fraction of sp³-hybridized carbons (Fsp3) is 0. The van der Waals surface area contributed by atoms with Gasteiger partial charge in [0.1, 0.15) is 5.52 Å². The van der Waals surface area contributed by atoms with Gasteiger partial charge in [0.05, 0.1) is 0 Å². The molecule has 10 aromatic rings. The molecule has 0 atom stereocenters. The van der Waals surface area contributed by atoms with Gasteiger partial charge in [0.25, 0.3) is 0 Å². The molecule has 0 aliphatic carbocycles. The average molecular weight is 691 g/mol. The van der Waals surface area contributed by atoms with Gasteiger partial charge in [0, 0.05) is 28.2 Å². The third-order valence-electron chi connectivity index (χ3n) is 10.3. The number of nitrogens with zero attached hydrogens (tertiary/aromatic N) is 2. The SMILES string of the molecule is c1ccc(-c2nc3c(-c4ccc(N(c5ccc(-c6ccc7ccccc7c6)cc5)c5ccc(-c6ccc7ccccc7c6)cc5)cc4)cccc3o2)cc1. The third kappa shape index (κ3) is 5.88. The number of benzene rings is 9. The Balaban J connectivity index is 1.02. The summed E-state index contributed by atoms with van der Waals surface area (Å²) in [5.41, 5.74) is 12.7. The maximum Gasteiger partial charge on any atom is 0.227 e. The summed E-state index contributed by atoms with van der Waals surface area (Å²) in [6, 6.07) is 73.1. The van der Waals surface area contributed by atoms with E-state index in [4.69, 9.17) is 9.40 Å². The smallest absolute Gasteiger partial charge is 0.227 e. The molecule has 0 saturated heterocycles. The lowest BCUT2D eigenvalue weighted by Gasteiger charge is -2.26. The van der Waals surface area contributed by atoms with Crippen molar-refractivity contribution in [2.24, 2.45) is 0 Å². The van der Waals surface area contributed by atoms with E-state index in [9.17, 15) is 0 Å². The first-order chi connectivity index (χ1) is 26.7. The molecule has 0 spiro atoms. The molecule has 0 fully saturated rings. The topological polar surface area (TPSA) is 29.3 Å². The first-order valence-electron chi connectivity index (χ1n) is 18.3. The molecule has 3 nitrogen and oxygen atoms in total. The highest BCUT2D eigenvalue weighted by Gasteiger charge is 2.16. The van der Waals surface area contributed by atoms with Gasteiger partial charge in [-0.05, 0) is 116 Å². The maximum atomic E-state index is 6.20. The Kier molecular flexibility index (Phi) is 7.81. The average Bonchev–Trinajstić information content (AvgIpc) is 3.70. The molecule has 0 aliphatic rings. The minimum atomic E-state index is 0.625. The fourth-order valence-corrected chi connectivity index (χ4v) is 7.47. The molecule has 0 N–H and O–H groups in total. The van der Waals surface area contributed by atoms with E-state index in [0.717, 1.165) is 44.9 Å². The van der Waals surface area contributed by atoms with E-state index in [2.05, 4.69) is 169 Å². The van der Waals surface area contributed by atoms with Crippen molar-refractivity contribution in [3.8, 4) is 44.8 Å². The Morgan fingerprint density at radius 1 is 0.333 bits per heavy atom. The van der Waals surface area contributed by atoms with Crippen LogP contribution in [0.5, 0.6) is 0 Å². The predicted molar refractivity (Wildman–Crippen MR) is 225 cm³/mol. The van der Waals surface area contributed by atoms with Crippen LogP contribution in [-0.4, -0.2) is 4.98 Å². The number of hydrogen-bond acceptors (Lipinski definition) is 3. The highest BCUT2D eigenvalue weighted by Crippen LogP contribution is 2.39. The molecule has 0 unspecified atom stereocenters. The first kappa shape index (κ1) is 31.5. The van der Waals surface area contributed by atoms with E-state index in [1.54, 1.807) is 0 Å². The molecule has 0 amide bonds. The summed E-state index contributed by atoms with van der Waals surface area (Å²) in [7, 11) is 0. The van der Waals surface area contributed by atoms with Crippen molar-refractivity contribution in [1.29, 1.82) is 0 Å². The number of oxazole rings is 1. The lowest BCUT2D eigenvalue weighted by Crippen LogP contribution is -2.09. The van der Waals surface area contributed by atoms with Crippen LogP contribution in [0.2, 0.25) is 0 Å². The van der Waals surface area contributed by atoms with Gasteiger partial charge in [-0.3, -0.25) is 0 Å². The second-order valence-corrected chi connectivity index (χ2v) is 13.6. The molecule has 0 bridgehead atoms. The largest absolute Gasteiger partial charge is 0.436 e. The van der Waals surface area contributed by atoms with Crippen LogP contribution in [0.15, 0.2) is 211 Å². The first-order valence-corrected chi connectivity index (χ1v) is 18.3. The molecule has 0 saturated carbocycles. The lowest BCUT2D eigenvalue weighted by molar-refractivity contribution is 0.620. The molecule has 10 rings (SSSR count). The standard InChI is InChI=1S/C51H34N2O/c1-2-11-40(12-3-1)51-52-50-48(15-8-16-49(50)54-51)39-25-31-47(32-26-39)53(45-27-21-37(22-28-45)43-19-17-35-9-4-6-13-41(35)33-43)46-29-23-38(24-30-46)44-20-18-36-10-5-7-14-42(36)34-44/h1-34H. The predicted octanol–water partition coefficient (Wildman–Crippen LogP) is 14.3. The van der Waals surface area contributed by atoms with E-state index in [0.29, 0.717) is 5.89 Å². The molecule has 254 valence electrons. The van der Waals surface area contributed by atoms with E-state index >= 15 is 0 Å². The van der Waals surface area contributed by atoms with Gasteiger partial charge in [-0.15, -0.1) is 0 Å². The van der Waals surface area contributed by atoms with Crippen LogP contribution in [0.3, 0.4) is 0 Å². The van der Waals surface area contributed by atoms with Crippen molar-refractivity contribution in [3.63, 3.8) is 0 Å². The Bertz CT molecular complexity index is 2790. The van der Waals surface area contributed by atoms with Crippen LogP contribution >= 0.6 is 0 Å². The van der Waals surface area contributed by atoms with Gasteiger partial charge in [0.2, 0.25) is 5.89 Å². The van der Waals surface area contributed by atoms with Gasteiger partial charge in [-0.1, -0.05) is 140 Å². The Hall–Kier alpha value is -7.23. The second kappa shape index (κ2) is 13.4. The quantitative estimate of drug-likeness (QED) is 0.167. The monoisotopic (exact) mass is 690 g/mol. The number of hydrogen-bond donors (Lipinski definition) is 0. The van der Waals surface area contributed by atoms with Crippen LogP contribution in [-0.2, 0) is 0 Å². The number of anilines is 3. The third-order valence-corrected chi connectivity index (χ3v) is 10.3. The van der Waals surface area contributed by atoms with Crippen molar-refractivity contribution in [1.82, 2.24) is 4.98 Å². The van der Waals surface area contributed by atoms with Crippen molar-refractivity contribution in [2.75, 3.05) is 4.90 Å². The molecule has 54 heavy (non-hydrogen) atoms. The van der Waals surface area contributed by atoms with Crippen LogP contribution in [0.25, 0.3) is 77.5 Å². The lowest BCUT2D eigenvalue weighted by atomic mass is 10.00. The highest BCUT2D eigenvalue weighted by atomic mass is 16.3. The van der Waals surface area contributed by atoms with Crippen LogP contribution in [0.1, 0.15) is 0 Å². The van der Waals surface area contributed by atoms with E-state index < -0.39 is 0 Å². The van der Waals surface area contributed by atoms with Crippen LogP contribution in [0, 0.1) is 0 Å². The summed E-state index contributed by atoms with van der Waals surface area (Å²) in [5, 5.41) is 4.97. The molecule has 1 aromatic heterocycles. The zero-order chi connectivity index (χ0) is 35.8. The second-order valence-electron chi connectivity index (χ2n) is 13.6. The number of para-hydroxylation sites is 1. The Morgan fingerprint density at radius 3 is 1.33 bits per heavy atom. The van der Waals surface area contributed by atoms with E-state index in [-0.39, 0.29) is 0 Å².